The molecule has 5 heteroatoms. The molecule has 0 N–H and O–H groups in total. The van der Waals surface area contributed by atoms with Gasteiger partial charge in [-0.15, -0.1) is 22.7 Å². The molecule has 2 heterocycles. The van der Waals surface area contributed by atoms with Gasteiger partial charge in [0.2, 0.25) is 0 Å². The van der Waals surface area contributed by atoms with Crippen molar-refractivity contribution in [2.24, 2.45) is 0 Å². The van der Waals surface area contributed by atoms with E-state index in [0.29, 0.717) is 0 Å². The minimum absolute atomic E-state index is 0. The zero-order valence-corrected chi connectivity index (χ0v) is 30.6. The van der Waals surface area contributed by atoms with Crippen LogP contribution in [0.15, 0.2) is 121 Å². The van der Waals surface area contributed by atoms with Gasteiger partial charge in [-0.2, -0.15) is 35.9 Å². The molecule has 6 aromatic rings. The number of nitrogens with zero attached hydrogens (tertiary/aromatic N) is 2. The van der Waals surface area contributed by atoms with Gasteiger partial charge in [-0.25, -0.2) is 18.2 Å². The molecule has 0 spiro atoms. The Labute approximate surface area is 284 Å². The molecule has 234 valence electrons. The molecule has 0 aliphatic rings. The van der Waals surface area contributed by atoms with Crippen molar-refractivity contribution in [2.45, 2.75) is 76.0 Å². The van der Waals surface area contributed by atoms with E-state index in [0.717, 1.165) is 39.4 Å². The number of aromatic nitrogens is 2. The first-order chi connectivity index (χ1) is 21.1. The fourth-order valence-electron chi connectivity index (χ4n) is 6.08. The normalized spacial score (nSPS) is 12.2. The molecular weight excluding hydrogens is 626 g/mol. The molecule has 0 aliphatic heterocycles. The van der Waals surface area contributed by atoms with Crippen LogP contribution in [0.5, 0.6) is 0 Å². The van der Waals surface area contributed by atoms with Crippen LogP contribution in [0.3, 0.4) is 0 Å². The van der Waals surface area contributed by atoms with Gasteiger partial charge in [0.05, 0.1) is 27.6 Å². The summed E-state index contributed by atoms with van der Waals surface area (Å²) in [5.74, 6) is 0. The van der Waals surface area contributed by atoms with Crippen molar-refractivity contribution < 1.29 is 17.1 Å². The van der Waals surface area contributed by atoms with E-state index in [-0.39, 0.29) is 35.3 Å². The zero-order chi connectivity index (χ0) is 31.4. The number of rotatable bonds is 9. The Kier molecular flexibility index (Phi) is 11.6. The summed E-state index contributed by atoms with van der Waals surface area (Å²) in [6.07, 6.45) is 3.46. The largest absolute Gasteiger partial charge is 2.00 e. The van der Waals surface area contributed by atoms with Gasteiger partial charge in [-0.05, 0) is 47.4 Å². The first kappa shape index (κ1) is 35.2. The molecule has 6 rings (SSSR count). The number of benzene rings is 2. The third-order valence-corrected chi connectivity index (χ3v) is 14.5. The molecule has 0 radical (unpaired) electrons. The SMILES string of the molecule is CCC(C)(C)P(Cc1cc[cH-]c1C(P)(c1ccc2ccccc2n1)c1ccc2ccccc2n1)C(C)(C)CC.[Fe+2].c1cc[cH-]c1. The van der Waals surface area contributed by atoms with E-state index in [2.05, 4.69) is 142 Å². The average molecular weight is 673 g/mol. The molecule has 2 aromatic heterocycles. The van der Waals surface area contributed by atoms with Crippen LogP contribution in [0.25, 0.3) is 21.8 Å². The summed E-state index contributed by atoms with van der Waals surface area (Å²) >= 11 is 0. The van der Waals surface area contributed by atoms with E-state index in [1.807, 2.05) is 30.3 Å². The predicted octanol–water partition coefficient (Wildman–Crippen LogP) is 11.4. The van der Waals surface area contributed by atoms with Crippen molar-refractivity contribution in [2.75, 3.05) is 0 Å². The number of pyridine rings is 2. The van der Waals surface area contributed by atoms with Crippen molar-refractivity contribution in [3.05, 3.63) is 144 Å². The van der Waals surface area contributed by atoms with Crippen LogP contribution in [-0.4, -0.2) is 20.3 Å². The molecule has 0 amide bonds. The summed E-state index contributed by atoms with van der Waals surface area (Å²) in [6, 6.07) is 42.4. The Morgan fingerprint density at radius 3 is 1.58 bits per heavy atom. The minimum Gasteiger partial charge on any atom is -0.251 e. The molecule has 0 saturated carbocycles. The summed E-state index contributed by atoms with van der Waals surface area (Å²) in [4.78, 5) is 10.5. The maximum absolute atomic E-state index is 5.25. The molecule has 1 unspecified atom stereocenters. The number of hydrogen-bond donors (Lipinski definition) is 0. The van der Waals surface area contributed by atoms with Crippen molar-refractivity contribution in [1.29, 1.82) is 0 Å². The van der Waals surface area contributed by atoms with Crippen molar-refractivity contribution in [3.8, 4) is 0 Å². The second-order valence-electron chi connectivity index (χ2n) is 12.9. The van der Waals surface area contributed by atoms with Gasteiger partial charge in [0, 0.05) is 10.8 Å². The zero-order valence-electron chi connectivity index (χ0n) is 27.4. The van der Waals surface area contributed by atoms with E-state index in [9.17, 15) is 0 Å². The van der Waals surface area contributed by atoms with E-state index in [4.69, 9.17) is 9.97 Å². The molecule has 2 nitrogen and oxygen atoms in total. The second-order valence-corrected chi connectivity index (χ2v) is 17.4. The van der Waals surface area contributed by atoms with Gasteiger partial charge in [-0.3, -0.25) is 9.97 Å². The first-order valence-corrected chi connectivity index (χ1v) is 17.9. The molecule has 0 aliphatic carbocycles. The Bertz CT molecular complexity index is 1690. The first-order valence-electron chi connectivity index (χ1n) is 15.8. The van der Waals surface area contributed by atoms with E-state index in [1.165, 1.54) is 24.0 Å². The standard InChI is InChI=1S/C35H41N2P2.C5H5.Fe/c1-7-33(3,4)39(34(5,6)8-2)24-27-16-13-17-28(27)35(38,31-22-20-25-14-9-11-18-29(25)36-31)32-23-21-26-15-10-12-19-30(26)37-32;1-2-4-5-3-1;/h9-23H,7-8,24,38H2,1-6H3;1-5H;/q2*-1;+2. The van der Waals surface area contributed by atoms with Crippen LogP contribution in [0, 0.1) is 0 Å². The van der Waals surface area contributed by atoms with Gasteiger partial charge in [0.25, 0.3) is 0 Å². The van der Waals surface area contributed by atoms with Crippen LogP contribution in [0.1, 0.15) is 76.9 Å². The molecule has 1 atom stereocenters. The van der Waals surface area contributed by atoms with Gasteiger partial charge < -0.3 is 0 Å². The molecule has 0 saturated heterocycles. The van der Waals surface area contributed by atoms with Gasteiger partial charge in [-0.1, -0.05) is 96.2 Å². The summed E-state index contributed by atoms with van der Waals surface area (Å²) in [5.41, 5.74) is 6.76. The third kappa shape index (κ3) is 7.50. The van der Waals surface area contributed by atoms with Crippen molar-refractivity contribution in [1.82, 2.24) is 9.97 Å². The fraction of sp³-hybridized carbons (Fsp3) is 0.300. The minimum atomic E-state index is -0.569. The van der Waals surface area contributed by atoms with Crippen LogP contribution in [0.2, 0.25) is 0 Å². The summed E-state index contributed by atoms with van der Waals surface area (Å²) < 4.78 is 0. The van der Waals surface area contributed by atoms with Gasteiger partial charge in [0.1, 0.15) is 0 Å². The van der Waals surface area contributed by atoms with E-state index in [1.54, 1.807) is 0 Å². The Morgan fingerprint density at radius 2 is 1.13 bits per heavy atom. The maximum atomic E-state index is 5.25. The average Bonchev–Trinajstić information content (AvgIpc) is 3.79. The van der Waals surface area contributed by atoms with Crippen LogP contribution >= 0.6 is 17.2 Å². The Morgan fingerprint density at radius 1 is 0.644 bits per heavy atom. The van der Waals surface area contributed by atoms with Crippen LogP contribution in [-0.2, 0) is 28.4 Å². The summed E-state index contributed by atoms with van der Waals surface area (Å²) in [6.45, 7) is 14.6. The molecule has 45 heavy (non-hydrogen) atoms. The molecule has 0 bridgehead atoms. The number of para-hydroxylation sites is 2. The summed E-state index contributed by atoms with van der Waals surface area (Å²) in [5, 5.41) is 2.31. The van der Waals surface area contributed by atoms with Crippen molar-refractivity contribution >= 4 is 39.0 Å². The molecule has 4 aromatic carbocycles. The monoisotopic (exact) mass is 672 g/mol. The molecular formula is C40H46FeN2P2. The number of hydrogen-bond acceptors (Lipinski definition) is 2. The van der Waals surface area contributed by atoms with Crippen molar-refractivity contribution in [3.63, 3.8) is 0 Å². The predicted molar refractivity (Wildman–Crippen MR) is 197 cm³/mol. The fourth-order valence-corrected chi connectivity index (χ4v) is 10.6. The Hall–Kier alpha value is -2.66. The van der Waals surface area contributed by atoms with Gasteiger partial charge in [0.15, 0.2) is 0 Å². The van der Waals surface area contributed by atoms with E-state index >= 15 is 0 Å². The number of fused-ring (bicyclic) bond motifs is 2. The maximum Gasteiger partial charge on any atom is 2.00 e. The third-order valence-electron chi connectivity index (χ3n) is 9.41. The quantitative estimate of drug-likeness (QED) is 0.0868. The Balaban J connectivity index is 0.000000700. The van der Waals surface area contributed by atoms with Crippen LogP contribution in [0.4, 0.5) is 0 Å². The van der Waals surface area contributed by atoms with E-state index < -0.39 is 5.16 Å². The second kappa shape index (κ2) is 14.8. The smallest absolute Gasteiger partial charge is 0.251 e. The summed E-state index contributed by atoms with van der Waals surface area (Å²) in [7, 11) is 2.91. The van der Waals surface area contributed by atoms with Crippen LogP contribution < -0.4 is 0 Å². The van der Waals surface area contributed by atoms with Gasteiger partial charge >= 0.3 is 17.1 Å². The topological polar surface area (TPSA) is 25.8 Å². The molecule has 0 fully saturated rings.